The zero-order chi connectivity index (χ0) is 14.4. The lowest BCUT2D eigenvalue weighted by Gasteiger charge is -1.97. The van der Waals surface area contributed by atoms with Crippen LogP contribution < -0.4 is 5.32 Å². The Balaban J connectivity index is 1.62. The van der Waals surface area contributed by atoms with E-state index in [9.17, 15) is 9.18 Å². The van der Waals surface area contributed by atoms with Gasteiger partial charge in [0, 0.05) is 11.8 Å². The minimum absolute atomic E-state index is 0.283. The number of fused-ring (bicyclic) bond motifs is 1. The molecule has 2 heterocycles. The van der Waals surface area contributed by atoms with Crippen LogP contribution in [0, 0.1) is 5.92 Å². The largest absolute Gasteiger partial charge is 0.351 e. The van der Waals surface area contributed by atoms with Crippen molar-refractivity contribution < 1.29 is 9.18 Å². The van der Waals surface area contributed by atoms with Gasteiger partial charge in [-0.2, -0.15) is 0 Å². The normalized spacial score (nSPS) is 20.6. The number of hydrogen-bond acceptors (Lipinski definition) is 4. The maximum Gasteiger partial charge on any atom is 0.232 e. The summed E-state index contributed by atoms with van der Waals surface area (Å²) in [5.74, 6) is -0.786. The van der Waals surface area contributed by atoms with E-state index in [0.717, 1.165) is 21.5 Å². The highest BCUT2D eigenvalue weighted by Crippen LogP contribution is 2.36. The van der Waals surface area contributed by atoms with Gasteiger partial charge in [-0.15, -0.1) is 0 Å². The summed E-state index contributed by atoms with van der Waals surface area (Å²) in [7, 11) is 0. The molecule has 2 unspecified atom stereocenters. The van der Waals surface area contributed by atoms with Gasteiger partial charge in [-0.3, -0.25) is 4.79 Å². The number of benzene rings is 1. The summed E-state index contributed by atoms with van der Waals surface area (Å²) in [5.41, 5.74) is 2.65. The van der Waals surface area contributed by atoms with Crippen LogP contribution in [0.25, 0.3) is 21.5 Å². The molecule has 2 atom stereocenters. The van der Waals surface area contributed by atoms with Crippen LogP contribution in [0.3, 0.4) is 0 Å². The summed E-state index contributed by atoms with van der Waals surface area (Å²) in [6, 6.07) is 5.80. The van der Waals surface area contributed by atoms with Gasteiger partial charge in [0.1, 0.15) is 6.17 Å². The predicted molar refractivity (Wildman–Crippen MR) is 78.8 cm³/mol. The van der Waals surface area contributed by atoms with E-state index in [-0.39, 0.29) is 5.91 Å². The van der Waals surface area contributed by atoms with Crippen molar-refractivity contribution in [2.75, 3.05) is 5.32 Å². The summed E-state index contributed by atoms with van der Waals surface area (Å²) in [5, 5.41) is 3.19. The number of aromatic amines is 1. The maximum absolute atomic E-state index is 12.9. The molecule has 2 N–H and O–H groups in total. The zero-order valence-electron chi connectivity index (χ0n) is 10.8. The molecule has 3 aromatic rings. The number of alkyl halides is 1. The molecule has 0 radical (unpaired) electrons. The number of halogens is 1. The van der Waals surface area contributed by atoms with Gasteiger partial charge in [0.25, 0.3) is 0 Å². The Morgan fingerprint density at radius 2 is 2.33 bits per heavy atom. The molecule has 106 valence electrons. The predicted octanol–water partition coefficient (Wildman–Crippen LogP) is 2.98. The quantitative estimate of drug-likeness (QED) is 0.781. The van der Waals surface area contributed by atoms with E-state index in [4.69, 9.17) is 0 Å². The third-order valence-corrected chi connectivity index (χ3v) is 4.40. The molecule has 1 aliphatic rings. The number of hydrogen-bond donors (Lipinski definition) is 2. The van der Waals surface area contributed by atoms with Crippen molar-refractivity contribution in [2.24, 2.45) is 5.92 Å². The Hall–Kier alpha value is -2.28. The van der Waals surface area contributed by atoms with Gasteiger partial charge < -0.3 is 10.3 Å². The first-order valence-electron chi connectivity index (χ1n) is 6.55. The van der Waals surface area contributed by atoms with Crippen molar-refractivity contribution >= 4 is 32.6 Å². The van der Waals surface area contributed by atoms with E-state index in [0.29, 0.717) is 11.6 Å². The number of anilines is 1. The Morgan fingerprint density at radius 1 is 1.48 bits per heavy atom. The number of carbonyl (C=O) groups is 1. The van der Waals surface area contributed by atoms with E-state index < -0.39 is 12.1 Å². The number of nitrogens with zero attached hydrogens (tertiary/aromatic N) is 2. The Bertz CT molecular complexity index is 814. The molecule has 21 heavy (non-hydrogen) atoms. The van der Waals surface area contributed by atoms with Gasteiger partial charge in [-0.25, -0.2) is 14.4 Å². The van der Waals surface area contributed by atoms with Gasteiger partial charge in [-0.1, -0.05) is 17.4 Å². The van der Waals surface area contributed by atoms with Gasteiger partial charge in [-0.05, 0) is 18.6 Å². The van der Waals surface area contributed by atoms with Gasteiger partial charge >= 0.3 is 0 Å². The van der Waals surface area contributed by atoms with Crippen LogP contribution in [-0.2, 0) is 4.79 Å². The number of H-pyrrole nitrogens is 1. The summed E-state index contributed by atoms with van der Waals surface area (Å²) in [6.07, 6.45) is 2.77. The number of amides is 1. The van der Waals surface area contributed by atoms with E-state index in [1.54, 1.807) is 6.33 Å². The van der Waals surface area contributed by atoms with E-state index in [1.807, 2.05) is 24.4 Å². The summed E-state index contributed by atoms with van der Waals surface area (Å²) >= 11 is 1.38. The molecular formula is C14H11FN4OS. The third-order valence-electron chi connectivity index (χ3n) is 3.46. The van der Waals surface area contributed by atoms with E-state index >= 15 is 0 Å². The van der Waals surface area contributed by atoms with E-state index in [2.05, 4.69) is 20.3 Å². The first kappa shape index (κ1) is 12.5. The summed E-state index contributed by atoms with van der Waals surface area (Å²) in [4.78, 5) is 23.2. The Kier molecular flexibility index (Phi) is 2.75. The maximum atomic E-state index is 12.9. The minimum atomic E-state index is -0.995. The smallest absolute Gasteiger partial charge is 0.232 e. The lowest BCUT2D eigenvalue weighted by Crippen LogP contribution is -2.14. The number of aromatic nitrogens is 3. The molecule has 1 saturated carbocycles. The van der Waals surface area contributed by atoms with Crippen molar-refractivity contribution in [3.05, 3.63) is 30.7 Å². The van der Waals surface area contributed by atoms with Crippen LogP contribution in [0.1, 0.15) is 6.42 Å². The zero-order valence-corrected chi connectivity index (χ0v) is 11.7. The molecule has 0 spiro atoms. The van der Waals surface area contributed by atoms with Crippen LogP contribution in [-0.4, -0.2) is 27.0 Å². The lowest BCUT2D eigenvalue weighted by molar-refractivity contribution is -0.117. The first-order valence-corrected chi connectivity index (χ1v) is 7.37. The molecule has 2 aromatic heterocycles. The van der Waals surface area contributed by atoms with Crippen LogP contribution in [0.15, 0.2) is 30.7 Å². The molecule has 1 aromatic carbocycles. The number of rotatable bonds is 3. The molecule has 7 heteroatoms. The van der Waals surface area contributed by atoms with Crippen molar-refractivity contribution in [3.8, 4) is 11.3 Å². The SMILES string of the molecule is O=C(Nc1nc2ccc(-c3c[nH]cn3)cc2s1)C1CC1F. The van der Waals surface area contributed by atoms with Crippen molar-refractivity contribution in [1.82, 2.24) is 15.0 Å². The Morgan fingerprint density at radius 3 is 3.05 bits per heavy atom. The van der Waals surface area contributed by atoms with Crippen LogP contribution in [0.5, 0.6) is 0 Å². The first-order chi connectivity index (χ1) is 10.2. The minimum Gasteiger partial charge on any atom is -0.351 e. The van der Waals surface area contributed by atoms with Gasteiger partial charge in [0.05, 0.1) is 28.2 Å². The number of carbonyl (C=O) groups excluding carboxylic acids is 1. The van der Waals surface area contributed by atoms with Crippen LogP contribution in [0.4, 0.5) is 9.52 Å². The molecule has 0 aliphatic heterocycles. The highest BCUT2D eigenvalue weighted by molar-refractivity contribution is 7.22. The molecule has 0 bridgehead atoms. The highest BCUT2D eigenvalue weighted by atomic mass is 32.1. The molecular weight excluding hydrogens is 291 g/mol. The molecule has 4 rings (SSSR count). The van der Waals surface area contributed by atoms with Gasteiger partial charge in [0.15, 0.2) is 5.13 Å². The van der Waals surface area contributed by atoms with Gasteiger partial charge in [0.2, 0.25) is 5.91 Å². The number of imidazole rings is 1. The fourth-order valence-corrected chi connectivity index (χ4v) is 3.10. The third kappa shape index (κ3) is 2.29. The molecule has 0 saturated heterocycles. The van der Waals surface area contributed by atoms with E-state index in [1.165, 1.54) is 11.3 Å². The summed E-state index contributed by atoms with van der Waals surface area (Å²) in [6.45, 7) is 0. The number of nitrogens with one attached hydrogen (secondary N) is 2. The second-order valence-electron chi connectivity index (χ2n) is 5.00. The average molecular weight is 302 g/mol. The summed E-state index contributed by atoms with van der Waals surface area (Å²) < 4.78 is 13.8. The van der Waals surface area contributed by atoms with Crippen molar-refractivity contribution in [2.45, 2.75) is 12.6 Å². The standard InChI is InChI=1S/C14H11FN4OS/c15-9-4-8(9)13(20)19-14-18-10-2-1-7(3-12(10)21-14)11-5-16-6-17-11/h1-3,5-6,8-9H,4H2,(H,16,17)(H,18,19,20). The molecule has 1 aliphatic carbocycles. The monoisotopic (exact) mass is 302 g/mol. The fraction of sp³-hybridized carbons (Fsp3) is 0.214. The van der Waals surface area contributed by atoms with Crippen molar-refractivity contribution in [1.29, 1.82) is 0 Å². The Labute approximate surface area is 123 Å². The second-order valence-corrected chi connectivity index (χ2v) is 6.03. The highest BCUT2D eigenvalue weighted by Gasteiger charge is 2.43. The average Bonchev–Trinajstić information content (AvgIpc) is 2.92. The number of thiazole rings is 1. The second kappa shape index (κ2) is 4.63. The van der Waals surface area contributed by atoms with Crippen LogP contribution in [0.2, 0.25) is 0 Å². The fourth-order valence-electron chi connectivity index (χ4n) is 2.19. The molecule has 1 fully saturated rings. The lowest BCUT2D eigenvalue weighted by atomic mass is 10.2. The molecule has 1 amide bonds. The van der Waals surface area contributed by atoms with Crippen molar-refractivity contribution in [3.63, 3.8) is 0 Å². The molecule has 5 nitrogen and oxygen atoms in total. The van der Waals surface area contributed by atoms with Crippen LogP contribution >= 0.6 is 11.3 Å². The topological polar surface area (TPSA) is 70.7 Å².